The van der Waals surface area contributed by atoms with Crippen LogP contribution in [0.15, 0.2) is 54.6 Å². The van der Waals surface area contributed by atoms with Crippen LogP contribution in [0, 0.1) is 5.92 Å². The highest BCUT2D eigenvalue weighted by atomic mass is 16.4. The third-order valence-corrected chi connectivity index (χ3v) is 9.45. The van der Waals surface area contributed by atoms with Crippen LogP contribution in [0.25, 0.3) is 0 Å². The number of carboxylic acids is 2. The zero-order chi connectivity index (χ0) is 45.0. The van der Waals surface area contributed by atoms with Gasteiger partial charge in [0.25, 0.3) is 0 Å². The minimum atomic E-state index is -1.15. The van der Waals surface area contributed by atoms with Gasteiger partial charge in [-0.3, -0.25) is 24.0 Å². The second-order valence-electron chi connectivity index (χ2n) is 15.1. The highest BCUT2D eigenvalue weighted by Crippen LogP contribution is 2.13. The third-order valence-electron chi connectivity index (χ3n) is 9.45. The summed E-state index contributed by atoms with van der Waals surface area (Å²) in [5.41, 5.74) is 12.8. The number of nitrogens with two attached hydrogens (primary N) is 2. The number of benzene rings is 2. The Morgan fingerprint density at radius 2 is 1.10 bits per heavy atom. The van der Waals surface area contributed by atoms with E-state index in [2.05, 4.69) is 26.6 Å². The zero-order valence-corrected chi connectivity index (χ0v) is 35.4. The second kappa shape index (κ2) is 29.6. The molecule has 2 aromatic carbocycles. The van der Waals surface area contributed by atoms with Gasteiger partial charge in [-0.05, 0) is 74.2 Å². The summed E-state index contributed by atoms with van der Waals surface area (Å²) >= 11 is 0. The van der Waals surface area contributed by atoms with Crippen molar-refractivity contribution in [1.82, 2.24) is 26.6 Å². The maximum atomic E-state index is 12.8. The summed E-state index contributed by atoms with van der Waals surface area (Å²) < 4.78 is 0. The van der Waals surface area contributed by atoms with Gasteiger partial charge in [-0.1, -0.05) is 95.8 Å². The predicted molar refractivity (Wildman–Crippen MR) is 227 cm³/mol. The largest absolute Gasteiger partial charge is 0.508 e. The van der Waals surface area contributed by atoms with Gasteiger partial charge in [-0.2, -0.15) is 0 Å². The highest BCUT2D eigenvalue weighted by Gasteiger charge is 2.30. The summed E-state index contributed by atoms with van der Waals surface area (Å²) in [7, 11) is 0. The molecule has 0 radical (unpaired) electrons. The van der Waals surface area contributed by atoms with Crippen molar-refractivity contribution >= 4 is 42.0 Å². The molecule has 0 bridgehead atoms. The Labute approximate surface area is 353 Å². The Balaban J connectivity index is 0.000000600. The number of hydrogen-bond donors (Lipinski definition) is 10. The van der Waals surface area contributed by atoms with Gasteiger partial charge in [-0.25, -0.2) is 9.59 Å². The summed E-state index contributed by atoms with van der Waals surface area (Å²) in [6, 6.07) is 9.67. The first-order chi connectivity index (χ1) is 28.6. The van der Waals surface area contributed by atoms with E-state index in [-0.39, 0.29) is 30.9 Å². The number of aromatic hydroxyl groups is 1. The van der Waals surface area contributed by atoms with Gasteiger partial charge < -0.3 is 53.4 Å². The monoisotopic (exact) mass is 841 g/mol. The van der Waals surface area contributed by atoms with E-state index in [1.54, 1.807) is 36.4 Å². The number of aliphatic carboxylic acids is 2. The molecule has 0 saturated heterocycles. The number of amides is 5. The fourth-order valence-electron chi connectivity index (χ4n) is 6.01. The van der Waals surface area contributed by atoms with E-state index in [1.807, 2.05) is 33.8 Å². The van der Waals surface area contributed by atoms with Crippen molar-refractivity contribution in [3.63, 3.8) is 0 Å². The molecule has 17 heteroatoms. The van der Waals surface area contributed by atoms with Gasteiger partial charge in [0.05, 0.1) is 6.04 Å². The third kappa shape index (κ3) is 21.5. The zero-order valence-electron chi connectivity index (χ0n) is 35.4. The Bertz CT molecular complexity index is 1610. The van der Waals surface area contributed by atoms with Gasteiger partial charge in [0.2, 0.25) is 30.0 Å². The van der Waals surface area contributed by atoms with Crippen LogP contribution in [0.1, 0.15) is 103 Å². The standard InChI is InChI=1S/C22H33N3O5.C21H34N4O5/c1-4-5-11-17(23-14-26)20(27)24-18(12-15(2)3)21(28)25-19(22(29)30)13-16-9-7-6-8-10-16;1-2-3-6-16(23)19(27)25-18(13-14-8-10-15(26)11-9-14)20(28)24-17(21(29)30)7-4-5-12-22/h6-10,14-15,17-19H,4-5,11-13H2,1-3H3,(H,23,26)(H,24,27)(H,25,28)(H,29,30);8-11,16-18,26H,2-7,12-13,22-23H2,1H3,(H,24,28)(H,25,27)(H,29,30)/t17-,18-,19-;16-,17-,18-/m00/s1. The number of carbonyl (C=O) groups excluding carboxylic acids is 5. The van der Waals surface area contributed by atoms with E-state index < -0.39 is 71.8 Å². The first-order valence-electron chi connectivity index (χ1n) is 20.7. The van der Waals surface area contributed by atoms with E-state index in [4.69, 9.17) is 11.5 Å². The maximum absolute atomic E-state index is 12.8. The highest BCUT2D eigenvalue weighted by molar-refractivity contribution is 5.93. The van der Waals surface area contributed by atoms with E-state index >= 15 is 0 Å². The van der Waals surface area contributed by atoms with Crippen molar-refractivity contribution < 1.29 is 48.9 Å². The fourth-order valence-corrected chi connectivity index (χ4v) is 6.01. The molecule has 0 fully saturated rings. The van der Waals surface area contributed by atoms with Crippen LogP contribution in [0.5, 0.6) is 5.75 Å². The van der Waals surface area contributed by atoms with Crippen molar-refractivity contribution in [2.75, 3.05) is 6.54 Å². The van der Waals surface area contributed by atoms with Gasteiger partial charge in [0, 0.05) is 12.8 Å². The van der Waals surface area contributed by atoms with Crippen molar-refractivity contribution in [1.29, 1.82) is 0 Å². The van der Waals surface area contributed by atoms with E-state index in [0.29, 0.717) is 50.6 Å². The maximum Gasteiger partial charge on any atom is 0.326 e. The van der Waals surface area contributed by atoms with Crippen LogP contribution in [-0.2, 0) is 46.4 Å². The molecule has 0 saturated carbocycles. The number of phenols is 1. The average molecular weight is 842 g/mol. The number of carboxylic acid groups (broad SMARTS) is 2. The van der Waals surface area contributed by atoms with Crippen LogP contribution >= 0.6 is 0 Å². The minimum absolute atomic E-state index is 0.0798. The Morgan fingerprint density at radius 1 is 0.617 bits per heavy atom. The quantitative estimate of drug-likeness (QED) is 0.0436. The summed E-state index contributed by atoms with van der Waals surface area (Å²) in [6.45, 7) is 8.22. The van der Waals surface area contributed by atoms with Crippen molar-refractivity contribution in [3.8, 4) is 5.75 Å². The van der Waals surface area contributed by atoms with E-state index in [1.165, 1.54) is 12.1 Å². The lowest BCUT2D eigenvalue weighted by molar-refractivity contribution is -0.142. The number of unbranched alkanes of at least 4 members (excludes halogenated alkanes) is 3. The van der Waals surface area contributed by atoms with Crippen LogP contribution < -0.4 is 38.1 Å². The Hall–Kier alpha value is -5.55. The van der Waals surface area contributed by atoms with Crippen molar-refractivity contribution in [3.05, 3.63) is 65.7 Å². The summed E-state index contributed by atoms with van der Waals surface area (Å²) in [4.78, 5) is 84.8. The van der Waals surface area contributed by atoms with Gasteiger partial charge in [0.15, 0.2) is 0 Å². The number of carbonyl (C=O) groups is 7. The molecule has 0 aliphatic heterocycles. The van der Waals surface area contributed by atoms with Gasteiger partial charge >= 0.3 is 11.9 Å². The van der Waals surface area contributed by atoms with Crippen LogP contribution in [0.2, 0.25) is 0 Å². The molecule has 2 rings (SSSR count). The van der Waals surface area contributed by atoms with Crippen LogP contribution in [0.4, 0.5) is 0 Å². The van der Waals surface area contributed by atoms with Gasteiger partial charge in [-0.15, -0.1) is 0 Å². The molecular formula is C43H67N7O10. The molecule has 17 nitrogen and oxygen atoms in total. The van der Waals surface area contributed by atoms with Gasteiger partial charge in [0.1, 0.15) is 36.0 Å². The Kier molecular flexibility index (Phi) is 25.9. The summed E-state index contributed by atoms with van der Waals surface area (Å²) in [5.74, 6) is -4.19. The lowest BCUT2D eigenvalue weighted by Crippen LogP contribution is -2.55. The first-order valence-corrected chi connectivity index (χ1v) is 20.7. The van der Waals surface area contributed by atoms with E-state index in [0.717, 1.165) is 31.2 Å². The molecule has 0 aromatic heterocycles. The molecule has 0 aliphatic carbocycles. The fraction of sp³-hybridized carbons (Fsp3) is 0.558. The predicted octanol–water partition coefficient (Wildman–Crippen LogP) is 2.27. The normalized spacial score (nSPS) is 13.8. The molecule has 12 N–H and O–H groups in total. The average Bonchev–Trinajstić information content (AvgIpc) is 3.21. The molecule has 0 spiro atoms. The summed E-state index contributed by atoms with van der Waals surface area (Å²) in [5, 5.41) is 41.3. The SMILES string of the molecule is CCCC[C@H](N)C(=O)N[C@@H](Cc1ccc(O)cc1)C(=O)N[C@@H](CCCCN)C(=O)O.CCCC[C@H](NC=O)C(=O)N[C@@H](CC(C)C)C(=O)N[C@@H](Cc1ccccc1)C(=O)O. The lowest BCUT2D eigenvalue weighted by Gasteiger charge is -2.25. The molecule has 2 aromatic rings. The Morgan fingerprint density at radius 3 is 1.65 bits per heavy atom. The number of rotatable bonds is 28. The van der Waals surface area contributed by atoms with Crippen LogP contribution in [0.3, 0.4) is 0 Å². The minimum Gasteiger partial charge on any atom is -0.508 e. The first kappa shape index (κ1) is 52.5. The number of nitrogens with one attached hydrogen (secondary N) is 5. The molecule has 60 heavy (non-hydrogen) atoms. The van der Waals surface area contributed by atoms with Crippen molar-refractivity contribution in [2.24, 2.45) is 17.4 Å². The molecular weight excluding hydrogens is 775 g/mol. The number of phenolic OH excluding ortho intramolecular Hbond substituents is 1. The van der Waals surface area contributed by atoms with Crippen molar-refractivity contribution in [2.45, 2.75) is 141 Å². The molecule has 0 aliphatic rings. The second-order valence-corrected chi connectivity index (χ2v) is 15.1. The van der Waals surface area contributed by atoms with Crippen LogP contribution in [-0.4, -0.2) is 100 Å². The summed E-state index contributed by atoms with van der Waals surface area (Å²) in [6.07, 6.45) is 6.78. The number of hydrogen-bond acceptors (Lipinski definition) is 10. The smallest absolute Gasteiger partial charge is 0.326 e. The molecule has 334 valence electrons. The molecule has 6 atom stereocenters. The molecule has 0 unspecified atom stereocenters. The lowest BCUT2D eigenvalue weighted by atomic mass is 10.0. The molecule has 0 heterocycles. The topological polar surface area (TPSA) is 292 Å². The molecule has 5 amide bonds. The van der Waals surface area contributed by atoms with E-state index in [9.17, 15) is 48.9 Å².